The second kappa shape index (κ2) is 5.79. The molecule has 0 saturated carbocycles. The quantitative estimate of drug-likeness (QED) is 0.776. The van der Waals surface area contributed by atoms with E-state index in [9.17, 15) is 0 Å². The van der Waals surface area contributed by atoms with Crippen molar-refractivity contribution in [1.82, 2.24) is 29.9 Å². The summed E-state index contributed by atoms with van der Waals surface area (Å²) in [6.45, 7) is 1.81. The van der Waals surface area contributed by atoms with Gasteiger partial charge < -0.3 is 10.2 Å². The van der Waals surface area contributed by atoms with E-state index in [1.165, 1.54) is 0 Å². The molecule has 118 valence electrons. The SMILES string of the molecule is Cn1ncc2c(NC[C@H]3CCCN3c3cccnn3)ncnc21. The Morgan fingerprint density at radius 2 is 2.30 bits per heavy atom. The van der Waals surface area contributed by atoms with E-state index in [1.54, 1.807) is 23.4 Å². The molecule has 0 aromatic carbocycles. The average molecular weight is 310 g/mol. The van der Waals surface area contributed by atoms with E-state index >= 15 is 0 Å². The third-order valence-electron chi connectivity index (χ3n) is 4.26. The van der Waals surface area contributed by atoms with Gasteiger partial charge >= 0.3 is 0 Å². The van der Waals surface area contributed by atoms with E-state index in [0.717, 1.165) is 48.6 Å². The first-order valence-corrected chi connectivity index (χ1v) is 7.74. The van der Waals surface area contributed by atoms with Crippen LogP contribution < -0.4 is 10.2 Å². The van der Waals surface area contributed by atoms with Gasteiger partial charge in [0, 0.05) is 32.4 Å². The second-order valence-corrected chi connectivity index (χ2v) is 5.68. The number of aromatic nitrogens is 6. The summed E-state index contributed by atoms with van der Waals surface area (Å²) in [5, 5.41) is 16.8. The number of fused-ring (bicyclic) bond motifs is 1. The molecule has 0 bridgehead atoms. The van der Waals surface area contributed by atoms with Crippen LogP contribution in [0.15, 0.2) is 30.9 Å². The van der Waals surface area contributed by atoms with Gasteiger partial charge in [0.05, 0.1) is 11.6 Å². The van der Waals surface area contributed by atoms with E-state index in [4.69, 9.17) is 0 Å². The number of anilines is 2. The molecule has 1 aliphatic rings. The van der Waals surface area contributed by atoms with Gasteiger partial charge in [-0.3, -0.25) is 4.68 Å². The molecule has 8 nitrogen and oxygen atoms in total. The van der Waals surface area contributed by atoms with Crippen molar-refractivity contribution in [2.75, 3.05) is 23.3 Å². The Balaban J connectivity index is 1.51. The van der Waals surface area contributed by atoms with Gasteiger partial charge in [0.2, 0.25) is 0 Å². The van der Waals surface area contributed by atoms with E-state index in [-0.39, 0.29) is 0 Å². The van der Waals surface area contributed by atoms with Crippen LogP contribution in [0.3, 0.4) is 0 Å². The molecular weight excluding hydrogens is 292 g/mol. The molecule has 1 aliphatic heterocycles. The first-order chi connectivity index (χ1) is 11.3. The van der Waals surface area contributed by atoms with Crippen molar-refractivity contribution in [2.24, 2.45) is 7.05 Å². The third-order valence-corrected chi connectivity index (χ3v) is 4.26. The Bertz CT molecular complexity index is 800. The van der Waals surface area contributed by atoms with E-state index < -0.39 is 0 Å². The van der Waals surface area contributed by atoms with Gasteiger partial charge in [0.1, 0.15) is 12.1 Å². The predicted octanol–water partition coefficient (Wildman–Crippen LogP) is 1.23. The summed E-state index contributed by atoms with van der Waals surface area (Å²) in [7, 11) is 1.88. The average Bonchev–Trinajstić information content (AvgIpc) is 3.21. The normalized spacial score (nSPS) is 17.8. The summed E-state index contributed by atoms with van der Waals surface area (Å²) in [6, 6.07) is 4.32. The summed E-state index contributed by atoms with van der Waals surface area (Å²) in [4.78, 5) is 10.9. The number of rotatable bonds is 4. The molecule has 1 N–H and O–H groups in total. The number of nitrogens with zero attached hydrogens (tertiary/aromatic N) is 7. The lowest BCUT2D eigenvalue weighted by molar-refractivity contribution is 0.685. The van der Waals surface area contributed by atoms with Gasteiger partial charge in [-0.1, -0.05) is 0 Å². The highest BCUT2D eigenvalue weighted by Gasteiger charge is 2.25. The van der Waals surface area contributed by atoms with Crippen molar-refractivity contribution in [2.45, 2.75) is 18.9 Å². The Morgan fingerprint density at radius 3 is 3.17 bits per heavy atom. The first-order valence-electron chi connectivity index (χ1n) is 7.74. The van der Waals surface area contributed by atoms with Gasteiger partial charge in [-0.2, -0.15) is 10.2 Å². The van der Waals surface area contributed by atoms with Crippen LogP contribution in [0.4, 0.5) is 11.6 Å². The topological polar surface area (TPSA) is 84.7 Å². The van der Waals surface area contributed by atoms with Crippen molar-refractivity contribution in [3.05, 3.63) is 30.9 Å². The van der Waals surface area contributed by atoms with Gasteiger partial charge in [0.15, 0.2) is 11.5 Å². The lowest BCUT2D eigenvalue weighted by atomic mass is 10.2. The Hall–Kier alpha value is -2.77. The highest BCUT2D eigenvalue weighted by atomic mass is 15.3. The summed E-state index contributed by atoms with van der Waals surface area (Å²) < 4.78 is 1.75. The zero-order chi connectivity index (χ0) is 15.6. The molecule has 0 unspecified atom stereocenters. The molecule has 23 heavy (non-hydrogen) atoms. The number of hydrogen-bond donors (Lipinski definition) is 1. The van der Waals surface area contributed by atoms with Gasteiger partial charge in [-0.25, -0.2) is 9.97 Å². The summed E-state index contributed by atoms with van der Waals surface area (Å²) in [6.07, 6.45) is 7.36. The Morgan fingerprint density at radius 1 is 1.35 bits per heavy atom. The van der Waals surface area contributed by atoms with E-state index in [1.807, 2.05) is 19.2 Å². The molecule has 1 saturated heterocycles. The fraction of sp³-hybridized carbons (Fsp3) is 0.400. The maximum atomic E-state index is 4.36. The zero-order valence-electron chi connectivity index (χ0n) is 12.9. The molecule has 0 radical (unpaired) electrons. The van der Waals surface area contributed by atoms with Crippen molar-refractivity contribution < 1.29 is 0 Å². The van der Waals surface area contributed by atoms with Crippen molar-refractivity contribution in [1.29, 1.82) is 0 Å². The minimum absolute atomic E-state index is 0.383. The van der Waals surface area contributed by atoms with Crippen LogP contribution in [0, 0.1) is 0 Å². The fourth-order valence-electron chi connectivity index (χ4n) is 3.11. The summed E-state index contributed by atoms with van der Waals surface area (Å²) in [5.41, 5.74) is 0.833. The maximum absolute atomic E-state index is 4.36. The molecule has 1 fully saturated rings. The Labute approximate surface area is 133 Å². The lowest BCUT2D eigenvalue weighted by Crippen LogP contribution is -2.35. The van der Waals surface area contributed by atoms with Crippen LogP contribution in [0.1, 0.15) is 12.8 Å². The van der Waals surface area contributed by atoms with Crippen LogP contribution in [0.5, 0.6) is 0 Å². The molecule has 1 atom stereocenters. The molecular formula is C15H18N8. The minimum atomic E-state index is 0.383. The van der Waals surface area contributed by atoms with Crippen LogP contribution in [-0.4, -0.2) is 49.1 Å². The maximum Gasteiger partial charge on any atom is 0.163 e. The molecule has 4 heterocycles. The smallest absolute Gasteiger partial charge is 0.163 e. The monoisotopic (exact) mass is 310 g/mol. The highest BCUT2D eigenvalue weighted by molar-refractivity contribution is 5.85. The second-order valence-electron chi connectivity index (χ2n) is 5.68. The third kappa shape index (κ3) is 2.56. The summed E-state index contributed by atoms with van der Waals surface area (Å²) >= 11 is 0. The Kier molecular flexibility index (Phi) is 3.49. The summed E-state index contributed by atoms with van der Waals surface area (Å²) in [5.74, 6) is 1.76. The molecule has 3 aromatic rings. The lowest BCUT2D eigenvalue weighted by Gasteiger charge is -2.25. The molecule has 8 heteroatoms. The van der Waals surface area contributed by atoms with Gasteiger partial charge in [0.25, 0.3) is 0 Å². The van der Waals surface area contributed by atoms with Crippen molar-refractivity contribution >= 4 is 22.7 Å². The van der Waals surface area contributed by atoms with Gasteiger partial charge in [-0.15, -0.1) is 5.10 Å². The van der Waals surface area contributed by atoms with Crippen LogP contribution >= 0.6 is 0 Å². The van der Waals surface area contributed by atoms with Gasteiger partial charge in [-0.05, 0) is 25.0 Å². The molecule has 3 aromatic heterocycles. The van der Waals surface area contributed by atoms with Crippen LogP contribution in [0.25, 0.3) is 11.0 Å². The first kappa shape index (κ1) is 13.9. The molecule has 4 rings (SSSR count). The largest absolute Gasteiger partial charge is 0.367 e. The molecule has 0 aliphatic carbocycles. The van der Waals surface area contributed by atoms with Crippen LogP contribution in [-0.2, 0) is 7.05 Å². The van der Waals surface area contributed by atoms with Crippen LogP contribution in [0.2, 0.25) is 0 Å². The highest BCUT2D eigenvalue weighted by Crippen LogP contribution is 2.24. The number of aryl methyl sites for hydroxylation is 1. The molecule has 0 spiro atoms. The predicted molar refractivity (Wildman–Crippen MR) is 87.2 cm³/mol. The fourth-order valence-corrected chi connectivity index (χ4v) is 3.11. The number of nitrogens with one attached hydrogen (secondary N) is 1. The standard InChI is InChI=1S/C15H18N8/c1-22-15-12(9-20-22)14(17-10-18-15)16-8-11-4-3-7-23(11)13-5-2-6-19-21-13/h2,5-6,9-11H,3-4,7-8H2,1H3,(H,16,17,18)/t11-/m1/s1. The number of hydrogen-bond acceptors (Lipinski definition) is 7. The molecule has 0 amide bonds. The van der Waals surface area contributed by atoms with E-state index in [0.29, 0.717) is 6.04 Å². The van der Waals surface area contributed by atoms with Crippen molar-refractivity contribution in [3.63, 3.8) is 0 Å². The van der Waals surface area contributed by atoms with E-state index in [2.05, 4.69) is 35.5 Å². The van der Waals surface area contributed by atoms with Crippen molar-refractivity contribution in [3.8, 4) is 0 Å². The zero-order valence-corrected chi connectivity index (χ0v) is 12.9. The minimum Gasteiger partial charge on any atom is -0.367 e.